The number of fused-ring (bicyclic) bond motifs is 1. The van der Waals surface area contributed by atoms with Crippen molar-refractivity contribution in [3.8, 4) is 11.5 Å². The van der Waals surface area contributed by atoms with Gasteiger partial charge in [0.1, 0.15) is 0 Å². The van der Waals surface area contributed by atoms with Gasteiger partial charge in [0.15, 0.2) is 5.76 Å². The number of aliphatic hydroxyl groups excluding tert-OH is 2. The van der Waals surface area contributed by atoms with Crippen LogP contribution in [0.1, 0.15) is 23.2 Å². The van der Waals surface area contributed by atoms with Crippen LogP contribution in [0, 0.1) is 0 Å². The summed E-state index contributed by atoms with van der Waals surface area (Å²) in [5.41, 5.74) is 3.74. The van der Waals surface area contributed by atoms with Gasteiger partial charge in [-0.2, -0.15) is 0 Å². The molecule has 0 saturated heterocycles. The van der Waals surface area contributed by atoms with Crippen LogP contribution in [0.15, 0.2) is 22.8 Å². The van der Waals surface area contributed by atoms with E-state index in [2.05, 4.69) is 4.57 Å². The SMILES string of the molecule is OCc1c(CO)c(-c2ccco2)n2c1CCC2. The molecule has 0 fully saturated rings. The molecule has 1 aliphatic heterocycles. The maximum atomic E-state index is 9.52. The summed E-state index contributed by atoms with van der Waals surface area (Å²) in [6.07, 6.45) is 3.68. The summed E-state index contributed by atoms with van der Waals surface area (Å²) in [5.74, 6) is 0.761. The third kappa shape index (κ3) is 1.45. The highest BCUT2D eigenvalue weighted by atomic mass is 16.3. The smallest absolute Gasteiger partial charge is 0.150 e. The van der Waals surface area contributed by atoms with Crippen LogP contribution in [-0.2, 0) is 26.2 Å². The largest absolute Gasteiger partial charge is 0.463 e. The van der Waals surface area contributed by atoms with Crippen molar-refractivity contribution in [2.45, 2.75) is 32.6 Å². The highest BCUT2D eigenvalue weighted by molar-refractivity contribution is 5.63. The molecular formula is C13H15NO3. The van der Waals surface area contributed by atoms with Gasteiger partial charge in [-0.25, -0.2) is 0 Å². The van der Waals surface area contributed by atoms with Gasteiger partial charge in [-0.05, 0) is 25.0 Å². The Bertz CT molecular complexity index is 525. The van der Waals surface area contributed by atoms with E-state index < -0.39 is 0 Å². The summed E-state index contributed by atoms with van der Waals surface area (Å²) in [7, 11) is 0. The average Bonchev–Trinajstić information content (AvgIpc) is 3.03. The first kappa shape index (κ1) is 10.6. The number of furan rings is 1. The zero-order valence-corrected chi connectivity index (χ0v) is 9.52. The lowest BCUT2D eigenvalue weighted by Crippen LogP contribution is -1.96. The highest BCUT2D eigenvalue weighted by Crippen LogP contribution is 2.36. The molecule has 3 rings (SSSR count). The van der Waals surface area contributed by atoms with Gasteiger partial charge in [0, 0.05) is 23.4 Å². The van der Waals surface area contributed by atoms with Gasteiger partial charge in [-0.1, -0.05) is 0 Å². The number of aliphatic hydroxyl groups is 2. The lowest BCUT2D eigenvalue weighted by atomic mass is 10.1. The minimum absolute atomic E-state index is 0.0219. The molecule has 2 aromatic heterocycles. The molecule has 0 unspecified atom stereocenters. The molecule has 90 valence electrons. The summed E-state index contributed by atoms with van der Waals surface area (Å²) in [5, 5.41) is 19.0. The number of aromatic nitrogens is 1. The Balaban J connectivity index is 2.26. The van der Waals surface area contributed by atoms with E-state index in [1.807, 2.05) is 12.1 Å². The van der Waals surface area contributed by atoms with Crippen molar-refractivity contribution in [3.05, 3.63) is 35.2 Å². The normalized spacial score (nSPS) is 14.2. The number of rotatable bonds is 3. The zero-order valence-electron chi connectivity index (χ0n) is 9.52. The van der Waals surface area contributed by atoms with Crippen LogP contribution in [0.3, 0.4) is 0 Å². The Morgan fingerprint density at radius 3 is 2.71 bits per heavy atom. The Kier molecular flexibility index (Phi) is 2.53. The van der Waals surface area contributed by atoms with Crippen LogP contribution < -0.4 is 0 Å². The predicted molar refractivity (Wildman–Crippen MR) is 62.3 cm³/mol. The lowest BCUT2D eigenvalue weighted by molar-refractivity contribution is 0.260. The molecule has 2 N–H and O–H groups in total. The van der Waals surface area contributed by atoms with Crippen molar-refractivity contribution in [2.24, 2.45) is 0 Å². The monoisotopic (exact) mass is 233 g/mol. The molecule has 0 atom stereocenters. The molecule has 3 heterocycles. The molecule has 4 heteroatoms. The third-order valence-corrected chi connectivity index (χ3v) is 3.46. The Labute approximate surface area is 99.1 Å². The molecule has 0 saturated carbocycles. The van der Waals surface area contributed by atoms with E-state index in [1.54, 1.807) is 6.26 Å². The molecular weight excluding hydrogens is 218 g/mol. The van der Waals surface area contributed by atoms with Gasteiger partial charge >= 0.3 is 0 Å². The van der Waals surface area contributed by atoms with E-state index in [1.165, 1.54) is 0 Å². The van der Waals surface area contributed by atoms with Crippen molar-refractivity contribution in [3.63, 3.8) is 0 Å². The summed E-state index contributed by atoms with van der Waals surface area (Å²) < 4.78 is 7.59. The Morgan fingerprint density at radius 2 is 2.06 bits per heavy atom. The van der Waals surface area contributed by atoms with Crippen LogP contribution in [0.25, 0.3) is 11.5 Å². The fraction of sp³-hybridized carbons (Fsp3) is 0.385. The van der Waals surface area contributed by atoms with Gasteiger partial charge in [-0.3, -0.25) is 0 Å². The number of hydrogen-bond acceptors (Lipinski definition) is 3. The minimum Gasteiger partial charge on any atom is -0.463 e. The minimum atomic E-state index is -0.0636. The van der Waals surface area contributed by atoms with Crippen molar-refractivity contribution >= 4 is 0 Å². The summed E-state index contributed by atoms with van der Waals surface area (Å²) in [6.45, 7) is 0.843. The van der Waals surface area contributed by atoms with E-state index in [0.717, 1.165) is 47.7 Å². The number of nitrogens with zero attached hydrogens (tertiary/aromatic N) is 1. The second-order valence-corrected chi connectivity index (χ2v) is 4.30. The van der Waals surface area contributed by atoms with Gasteiger partial charge in [0.25, 0.3) is 0 Å². The van der Waals surface area contributed by atoms with Crippen molar-refractivity contribution in [1.29, 1.82) is 0 Å². The van der Waals surface area contributed by atoms with E-state index >= 15 is 0 Å². The molecule has 0 bridgehead atoms. The summed E-state index contributed by atoms with van der Waals surface area (Å²) in [6, 6.07) is 3.73. The molecule has 17 heavy (non-hydrogen) atoms. The predicted octanol–water partition coefficient (Wildman–Crippen LogP) is 1.68. The number of hydrogen-bond donors (Lipinski definition) is 2. The van der Waals surface area contributed by atoms with Gasteiger partial charge in [0.2, 0.25) is 0 Å². The van der Waals surface area contributed by atoms with Gasteiger partial charge in [0.05, 0.1) is 25.2 Å². The maximum Gasteiger partial charge on any atom is 0.150 e. The van der Waals surface area contributed by atoms with Crippen LogP contribution in [0.2, 0.25) is 0 Å². The Morgan fingerprint density at radius 1 is 1.24 bits per heavy atom. The zero-order chi connectivity index (χ0) is 11.8. The lowest BCUT2D eigenvalue weighted by Gasteiger charge is -2.05. The van der Waals surface area contributed by atoms with E-state index in [9.17, 15) is 10.2 Å². The van der Waals surface area contributed by atoms with Crippen molar-refractivity contribution in [2.75, 3.05) is 0 Å². The Hall–Kier alpha value is -1.52. The highest BCUT2D eigenvalue weighted by Gasteiger charge is 2.26. The summed E-state index contributed by atoms with van der Waals surface area (Å²) >= 11 is 0. The van der Waals surface area contributed by atoms with E-state index in [-0.39, 0.29) is 13.2 Å². The molecule has 1 aliphatic rings. The van der Waals surface area contributed by atoms with Crippen LogP contribution in [0.5, 0.6) is 0 Å². The van der Waals surface area contributed by atoms with E-state index in [0.29, 0.717) is 0 Å². The van der Waals surface area contributed by atoms with Crippen LogP contribution in [0.4, 0.5) is 0 Å². The quantitative estimate of drug-likeness (QED) is 0.848. The third-order valence-electron chi connectivity index (χ3n) is 3.46. The molecule has 0 aromatic carbocycles. The average molecular weight is 233 g/mol. The standard InChI is InChI=1S/C13H15NO3/c15-7-9-10(8-16)13(12-4-2-6-17-12)14-5-1-3-11(9)14/h2,4,6,15-16H,1,3,5,7-8H2. The first-order valence-electron chi connectivity index (χ1n) is 5.85. The molecule has 2 aromatic rings. The molecule has 0 radical (unpaired) electrons. The second-order valence-electron chi connectivity index (χ2n) is 4.30. The molecule has 0 spiro atoms. The van der Waals surface area contributed by atoms with Crippen LogP contribution in [-0.4, -0.2) is 14.8 Å². The van der Waals surface area contributed by atoms with E-state index in [4.69, 9.17) is 4.42 Å². The summed E-state index contributed by atoms with van der Waals surface area (Å²) in [4.78, 5) is 0. The van der Waals surface area contributed by atoms with Crippen molar-refractivity contribution < 1.29 is 14.6 Å². The molecule has 0 amide bonds. The fourth-order valence-corrected chi connectivity index (χ4v) is 2.77. The van der Waals surface area contributed by atoms with Crippen LogP contribution >= 0.6 is 0 Å². The van der Waals surface area contributed by atoms with Gasteiger partial charge < -0.3 is 19.2 Å². The first-order valence-corrected chi connectivity index (χ1v) is 5.85. The first-order chi connectivity index (χ1) is 8.36. The maximum absolute atomic E-state index is 9.52. The second kappa shape index (κ2) is 4.05. The molecule has 0 aliphatic carbocycles. The topological polar surface area (TPSA) is 58.5 Å². The van der Waals surface area contributed by atoms with Gasteiger partial charge in [-0.15, -0.1) is 0 Å². The van der Waals surface area contributed by atoms with Crippen molar-refractivity contribution in [1.82, 2.24) is 4.57 Å². The fourth-order valence-electron chi connectivity index (χ4n) is 2.77. The molecule has 4 nitrogen and oxygen atoms in total.